The van der Waals surface area contributed by atoms with Crippen LogP contribution in [0.4, 0.5) is 0 Å². The van der Waals surface area contributed by atoms with E-state index < -0.39 is 6.10 Å². The zero-order valence-corrected chi connectivity index (χ0v) is 19.6. The molecule has 0 radical (unpaired) electrons. The minimum absolute atomic E-state index is 0.0661. The Hall–Kier alpha value is -2.82. The van der Waals surface area contributed by atoms with E-state index in [4.69, 9.17) is 4.74 Å². The lowest BCUT2D eigenvalue weighted by molar-refractivity contribution is -0.134. The third-order valence-corrected chi connectivity index (χ3v) is 6.29. The van der Waals surface area contributed by atoms with Crippen molar-refractivity contribution < 1.29 is 14.3 Å². The monoisotopic (exact) mass is 434 g/mol. The van der Waals surface area contributed by atoms with Crippen molar-refractivity contribution in [2.75, 3.05) is 6.54 Å². The van der Waals surface area contributed by atoms with Gasteiger partial charge in [0.15, 0.2) is 6.10 Å². The predicted molar refractivity (Wildman–Crippen MR) is 126 cm³/mol. The predicted octanol–water partition coefficient (Wildman–Crippen LogP) is 4.56. The molecule has 2 aromatic rings. The highest BCUT2D eigenvalue weighted by atomic mass is 16.5. The number of fused-ring (bicyclic) bond motifs is 1. The van der Waals surface area contributed by atoms with Crippen molar-refractivity contribution in [3.63, 3.8) is 0 Å². The van der Waals surface area contributed by atoms with Crippen LogP contribution in [0.25, 0.3) is 0 Å². The van der Waals surface area contributed by atoms with Gasteiger partial charge in [0, 0.05) is 18.5 Å². The van der Waals surface area contributed by atoms with Gasteiger partial charge in [0.1, 0.15) is 5.75 Å². The van der Waals surface area contributed by atoms with Crippen LogP contribution in [0.15, 0.2) is 42.5 Å². The van der Waals surface area contributed by atoms with E-state index in [1.807, 2.05) is 32.9 Å². The second-order valence-electron chi connectivity index (χ2n) is 9.41. The molecule has 1 saturated carbocycles. The molecule has 1 fully saturated rings. The fourth-order valence-corrected chi connectivity index (χ4v) is 4.53. The fraction of sp³-hybridized carbons (Fsp3) is 0.481. The van der Waals surface area contributed by atoms with Gasteiger partial charge in [-0.15, -0.1) is 0 Å². The maximum atomic E-state index is 13.2. The van der Waals surface area contributed by atoms with Crippen LogP contribution < -0.4 is 10.1 Å². The Morgan fingerprint density at radius 1 is 1.16 bits per heavy atom. The third-order valence-electron chi connectivity index (χ3n) is 6.29. The van der Waals surface area contributed by atoms with E-state index >= 15 is 0 Å². The first kappa shape index (κ1) is 22.4. The first-order valence-corrected chi connectivity index (χ1v) is 11.8. The molecule has 0 aromatic heterocycles. The van der Waals surface area contributed by atoms with Gasteiger partial charge >= 0.3 is 0 Å². The molecular formula is C27H34N2O3. The number of ether oxygens (including phenoxy) is 1. The lowest BCUT2D eigenvalue weighted by Gasteiger charge is -2.38. The van der Waals surface area contributed by atoms with E-state index in [0.29, 0.717) is 12.2 Å². The van der Waals surface area contributed by atoms with E-state index in [1.165, 1.54) is 11.1 Å². The highest BCUT2D eigenvalue weighted by Gasteiger charge is 2.39. The number of carbonyl (C=O) groups is 2. The van der Waals surface area contributed by atoms with Crippen LogP contribution in [0.2, 0.25) is 0 Å². The largest absolute Gasteiger partial charge is 0.481 e. The van der Waals surface area contributed by atoms with Crippen LogP contribution in [0, 0.1) is 12.8 Å². The van der Waals surface area contributed by atoms with Gasteiger partial charge in [0.2, 0.25) is 5.91 Å². The summed E-state index contributed by atoms with van der Waals surface area (Å²) in [6.45, 7) is 8.66. The van der Waals surface area contributed by atoms with Crippen LogP contribution in [-0.2, 0) is 16.0 Å². The molecule has 2 amide bonds. The van der Waals surface area contributed by atoms with E-state index in [2.05, 4.69) is 47.5 Å². The molecule has 2 aromatic carbocycles. The molecule has 5 nitrogen and oxygen atoms in total. The number of nitrogens with zero attached hydrogens (tertiary/aromatic N) is 1. The van der Waals surface area contributed by atoms with Gasteiger partial charge in [-0.3, -0.25) is 9.59 Å². The minimum atomic E-state index is -0.541. The van der Waals surface area contributed by atoms with Crippen molar-refractivity contribution in [1.29, 1.82) is 0 Å². The topological polar surface area (TPSA) is 58.6 Å². The number of hydrogen-bond acceptors (Lipinski definition) is 3. The zero-order chi connectivity index (χ0) is 22.8. The quantitative estimate of drug-likeness (QED) is 0.695. The van der Waals surface area contributed by atoms with Crippen LogP contribution in [0.3, 0.4) is 0 Å². The third kappa shape index (κ3) is 4.82. The average molecular weight is 435 g/mol. The van der Waals surface area contributed by atoms with Crippen molar-refractivity contribution in [3.05, 3.63) is 64.7 Å². The zero-order valence-electron chi connectivity index (χ0n) is 19.6. The van der Waals surface area contributed by atoms with Gasteiger partial charge in [-0.1, -0.05) is 42.8 Å². The summed E-state index contributed by atoms with van der Waals surface area (Å²) in [5.74, 6) is 1.01. The molecule has 0 saturated heterocycles. The Kier molecular flexibility index (Phi) is 6.54. The summed E-state index contributed by atoms with van der Waals surface area (Å²) in [5.41, 5.74) is 4.65. The molecule has 0 bridgehead atoms. The minimum Gasteiger partial charge on any atom is -0.481 e. The Labute approximate surface area is 191 Å². The molecule has 2 atom stereocenters. The van der Waals surface area contributed by atoms with Crippen molar-refractivity contribution in [2.45, 2.75) is 71.6 Å². The molecule has 32 heavy (non-hydrogen) atoms. The second-order valence-corrected chi connectivity index (χ2v) is 9.41. The molecule has 5 heteroatoms. The van der Waals surface area contributed by atoms with E-state index in [0.717, 1.165) is 36.9 Å². The summed E-state index contributed by atoms with van der Waals surface area (Å²) < 4.78 is 6.14. The molecule has 4 rings (SSSR count). The lowest BCUT2D eigenvalue weighted by Crippen LogP contribution is -2.42. The average Bonchev–Trinajstić information content (AvgIpc) is 3.61. The second kappa shape index (κ2) is 9.35. The highest BCUT2D eigenvalue weighted by molar-refractivity contribution is 5.82. The number of aryl methyl sites for hydroxylation is 1. The highest BCUT2D eigenvalue weighted by Crippen LogP contribution is 2.41. The summed E-state index contributed by atoms with van der Waals surface area (Å²) in [4.78, 5) is 27.8. The van der Waals surface area contributed by atoms with Crippen LogP contribution in [0.1, 0.15) is 68.3 Å². The molecular weight excluding hydrogens is 400 g/mol. The maximum Gasteiger partial charge on any atom is 0.261 e. The van der Waals surface area contributed by atoms with Gasteiger partial charge in [-0.2, -0.15) is 0 Å². The van der Waals surface area contributed by atoms with Gasteiger partial charge in [-0.05, 0) is 75.3 Å². The number of benzene rings is 2. The first-order chi connectivity index (χ1) is 15.4. The molecule has 1 aliphatic carbocycles. The van der Waals surface area contributed by atoms with Gasteiger partial charge in [0.05, 0.1) is 6.04 Å². The molecule has 1 heterocycles. The number of hydrogen-bond donors (Lipinski definition) is 1. The number of amides is 2. The molecule has 1 N–H and O–H groups in total. The number of rotatable bonds is 7. The van der Waals surface area contributed by atoms with Crippen molar-refractivity contribution >= 4 is 11.8 Å². The molecule has 2 unspecified atom stereocenters. The number of carbonyl (C=O) groups excluding carboxylic acids is 2. The van der Waals surface area contributed by atoms with Gasteiger partial charge in [0.25, 0.3) is 5.91 Å². The van der Waals surface area contributed by atoms with Crippen molar-refractivity contribution in [2.24, 2.45) is 5.92 Å². The Morgan fingerprint density at radius 2 is 1.94 bits per heavy atom. The van der Waals surface area contributed by atoms with E-state index in [-0.39, 0.29) is 29.8 Å². The lowest BCUT2D eigenvalue weighted by atomic mass is 9.87. The summed E-state index contributed by atoms with van der Waals surface area (Å²) in [7, 11) is 0. The van der Waals surface area contributed by atoms with Crippen LogP contribution in [0.5, 0.6) is 5.75 Å². The standard InChI is InChI=1S/C27H34N2O3/c1-5-24(26(30)28-17(2)3)32-22-12-11-19-13-14-29(27(31)20-9-10-20)25(23(19)16-22)21-8-6-7-18(4)15-21/h6-8,11-12,15-17,20,24-25H,5,9-10,13-14H2,1-4H3,(H,28,30). The van der Waals surface area contributed by atoms with Gasteiger partial charge < -0.3 is 15.0 Å². The molecule has 170 valence electrons. The van der Waals surface area contributed by atoms with Crippen molar-refractivity contribution in [1.82, 2.24) is 10.2 Å². The fourth-order valence-electron chi connectivity index (χ4n) is 4.53. The summed E-state index contributed by atoms with van der Waals surface area (Å²) in [6.07, 6.45) is 2.87. The van der Waals surface area contributed by atoms with E-state index in [1.54, 1.807) is 0 Å². The van der Waals surface area contributed by atoms with Crippen molar-refractivity contribution in [3.8, 4) is 5.75 Å². The number of nitrogens with one attached hydrogen (secondary N) is 1. The summed E-state index contributed by atoms with van der Waals surface area (Å²) >= 11 is 0. The summed E-state index contributed by atoms with van der Waals surface area (Å²) in [6, 6.07) is 14.5. The first-order valence-electron chi connectivity index (χ1n) is 11.8. The Bertz CT molecular complexity index is 996. The van der Waals surface area contributed by atoms with E-state index in [9.17, 15) is 9.59 Å². The summed E-state index contributed by atoms with van der Waals surface area (Å²) in [5, 5.41) is 2.94. The Morgan fingerprint density at radius 3 is 2.59 bits per heavy atom. The smallest absolute Gasteiger partial charge is 0.261 e. The van der Waals surface area contributed by atoms with Gasteiger partial charge in [-0.25, -0.2) is 0 Å². The molecule has 2 aliphatic rings. The maximum absolute atomic E-state index is 13.2. The normalized spacial score (nSPS) is 18.8. The SMILES string of the molecule is CCC(Oc1ccc2c(c1)C(c1cccc(C)c1)N(C(=O)C1CC1)CC2)C(=O)NC(C)C. The van der Waals surface area contributed by atoms with Crippen LogP contribution in [-0.4, -0.2) is 35.4 Å². The molecule has 0 spiro atoms. The Balaban J connectivity index is 1.68. The molecule has 1 aliphatic heterocycles. The van der Waals surface area contributed by atoms with Crippen LogP contribution >= 0.6 is 0 Å².